The maximum Gasteiger partial charge on any atom is 0.573 e. The molecule has 9 heteroatoms. The second-order valence-corrected chi connectivity index (χ2v) is 2.98. The molecule has 1 heterocycles. The molecular weight excluding hydrogens is 248 g/mol. The van der Waals surface area contributed by atoms with Crippen LogP contribution in [0.4, 0.5) is 23.2 Å². The van der Waals surface area contributed by atoms with Crippen LogP contribution in [0.1, 0.15) is 11.3 Å². The Morgan fingerprint density at radius 2 is 2.12 bits per heavy atom. The molecule has 1 rings (SSSR count). The van der Waals surface area contributed by atoms with Gasteiger partial charge in [0.05, 0.1) is 10.6 Å². The topological polar surface area (TPSA) is 65.3 Å². The maximum atomic E-state index is 12.6. The number of aryl methyl sites for hydroxylation is 1. The largest absolute Gasteiger partial charge is 0.573 e. The van der Waals surface area contributed by atoms with Gasteiger partial charge in [-0.2, -0.15) is 0 Å². The molecule has 1 aromatic heterocycles. The highest BCUT2D eigenvalue weighted by Gasteiger charge is 2.35. The molecular formula is C8H6F4N2O3. The Hall–Kier alpha value is -1.93. The zero-order valence-electron chi connectivity index (χ0n) is 8.42. The van der Waals surface area contributed by atoms with Crippen molar-refractivity contribution in [3.63, 3.8) is 0 Å². The molecule has 0 amide bonds. The Morgan fingerprint density at radius 3 is 2.53 bits per heavy atom. The maximum absolute atomic E-state index is 12.6. The molecule has 0 radical (unpaired) electrons. The molecule has 0 bridgehead atoms. The van der Waals surface area contributed by atoms with E-state index in [4.69, 9.17) is 0 Å². The first kappa shape index (κ1) is 13.1. The van der Waals surface area contributed by atoms with E-state index >= 15 is 0 Å². The summed E-state index contributed by atoms with van der Waals surface area (Å²) in [5.74, 6) is -0.964. The van der Waals surface area contributed by atoms with Crippen molar-refractivity contribution in [1.82, 2.24) is 4.98 Å². The number of nitro groups is 1. The zero-order chi connectivity index (χ0) is 13.2. The predicted octanol–water partition coefficient (Wildman–Crippen LogP) is 2.67. The fourth-order valence-corrected chi connectivity index (χ4v) is 1.17. The van der Waals surface area contributed by atoms with Crippen molar-refractivity contribution in [3.05, 3.63) is 27.6 Å². The van der Waals surface area contributed by atoms with Gasteiger partial charge >= 0.3 is 6.36 Å². The van der Waals surface area contributed by atoms with E-state index in [1.54, 1.807) is 0 Å². The summed E-state index contributed by atoms with van der Waals surface area (Å²) in [7, 11) is 0. The SMILES string of the molecule is Cc1ncc([N+](=O)[O-])c(CF)c1OC(F)(F)F. The molecule has 0 aromatic carbocycles. The number of ether oxygens (including phenoxy) is 1. The lowest BCUT2D eigenvalue weighted by Gasteiger charge is -2.13. The minimum atomic E-state index is -5.06. The number of aromatic nitrogens is 1. The molecule has 1 aromatic rings. The molecule has 0 saturated heterocycles. The molecule has 0 N–H and O–H groups in total. The summed E-state index contributed by atoms with van der Waals surface area (Å²) in [6, 6.07) is 0. The van der Waals surface area contributed by atoms with Crippen LogP contribution in [-0.4, -0.2) is 16.3 Å². The average Bonchev–Trinajstić information content (AvgIpc) is 2.18. The molecule has 0 aliphatic heterocycles. The summed E-state index contributed by atoms with van der Waals surface area (Å²) in [5, 5.41) is 10.5. The van der Waals surface area contributed by atoms with Crippen LogP contribution in [0.3, 0.4) is 0 Å². The van der Waals surface area contributed by atoms with Gasteiger partial charge in [0.25, 0.3) is 5.69 Å². The first-order valence-corrected chi connectivity index (χ1v) is 4.21. The minimum absolute atomic E-state index is 0.277. The molecule has 94 valence electrons. The highest BCUT2D eigenvalue weighted by atomic mass is 19.4. The monoisotopic (exact) mass is 254 g/mol. The third kappa shape index (κ3) is 3.02. The van der Waals surface area contributed by atoms with Gasteiger partial charge in [0.2, 0.25) is 0 Å². The van der Waals surface area contributed by atoms with Crippen LogP contribution in [0.5, 0.6) is 5.75 Å². The smallest absolute Gasteiger partial charge is 0.403 e. The number of hydrogen-bond acceptors (Lipinski definition) is 4. The van der Waals surface area contributed by atoms with Crippen molar-refractivity contribution < 1.29 is 27.2 Å². The first-order valence-electron chi connectivity index (χ1n) is 4.21. The second-order valence-electron chi connectivity index (χ2n) is 2.98. The standard InChI is InChI=1S/C8H6F4N2O3/c1-4-7(17-8(10,11)12)5(2-9)6(3-13-4)14(15)16/h3H,2H2,1H3. The normalized spacial score (nSPS) is 11.4. The van der Waals surface area contributed by atoms with Crippen LogP contribution >= 0.6 is 0 Å². The molecule has 0 aliphatic rings. The minimum Gasteiger partial charge on any atom is -0.403 e. The van der Waals surface area contributed by atoms with E-state index in [1.807, 2.05) is 0 Å². The molecule has 5 nitrogen and oxygen atoms in total. The van der Waals surface area contributed by atoms with E-state index in [0.717, 1.165) is 6.92 Å². The molecule has 0 unspecified atom stereocenters. The van der Waals surface area contributed by atoms with E-state index in [9.17, 15) is 27.7 Å². The molecule has 17 heavy (non-hydrogen) atoms. The van der Waals surface area contributed by atoms with Gasteiger partial charge in [-0.15, -0.1) is 13.2 Å². The Morgan fingerprint density at radius 1 is 1.53 bits per heavy atom. The fraction of sp³-hybridized carbons (Fsp3) is 0.375. The van der Waals surface area contributed by atoms with Crippen molar-refractivity contribution in [1.29, 1.82) is 0 Å². The van der Waals surface area contributed by atoms with Crippen molar-refractivity contribution in [2.75, 3.05) is 0 Å². The summed E-state index contributed by atoms with van der Waals surface area (Å²) in [6.07, 6.45) is -4.38. The average molecular weight is 254 g/mol. The van der Waals surface area contributed by atoms with Crippen molar-refractivity contribution in [2.24, 2.45) is 0 Å². The van der Waals surface area contributed by atoms with Gasteiger partial charge in [-0.05, 0) is 6.92 Å². The van der Waals surface area contributed by atoms with Crippen molar-refractivity contribution in [2.45, 2.75) is 20.0 Å². The summed E-state index contributed by atoms with van der Waals surface area (Å²) in [6.45, 7) is -0.324. The summed E-state index contributed by atoms with van der Waals surface area (Å²) in [4.78, 5) is 12.8. The first-order chi connectivity index (χ1) is 7.76. The number of rotatable bonds is 3. The third-order valence-electron chi connectivity index (χ3n) is 1.84. The Bertz CT molecular complexity index is 447. The van der Waals surface area contributed by atoms with Gasteiger partial charge in [0.1, 0.15) is 18.4 Å². The lowest BCUT2D eigenvalue weighted by Crippen LogP contribution is -2.19. The lowest BCUT2D eigenvalue weighted by atomic mass is 10.2. The van der Waals surface area contributed by atoms with Crippen molar-refractivity contribution >= 4 is 5.69 Å². The highest BCUT2D eigenvalue weighted by Crippen LogP contribution is 2.34. The van der Waals surface area contributed by atoms with Gasteiger partial charge < -0.3 is 4.74 Å². The van der Waals surface area contributed by atoms with Gasteiger partial charge in [0, 0.05) is 0 Å². The number of alkyl halides is 4. The Labute approximate surface area is 92.2 Å². The lowest BCUT2D eigenvalue weighted by molar-refractivity contribution is -0.386. The number of hydrogen-bond donors (Lipinski definition) is 0. The highest BCUT2D eigenvalue weighted by molar-refractivity contribution is 5.49. The summed E-state index contributed by atoms with van der Waals surface area (Å²) in [5.41, 5.74) is -1.90. The van der Waals surface area contributed by atoms with Gasteiger partial charge in [-0.1, -0.05) is 0 Å². The molecule has 0 aliphatic carbocycles. The summed E-state index contributed by atoms with van der Waals surface area (Å²) < 4.78 is 52.2. The van der Waals surface area contributed by atoms with Crippen LogP contribution in [-0.2, 0) is 6.67 Å². The Balaban J connectivity index is 3.35. The van der Waals surface area contributed by atoms with E-state index in [0.29, 0.717) is 6.20 Å². The van der Waals surface area contributed by atoms with Crippen LogP contribution in [0, 0.1) is 17.0 Å². The van der Waals surface area contributed by atoms with E-state index in [2.05, 4.69) is 9.72 Å². The number of halogens is 4. The van der Waals surface area contributed by atoms with E-state index in [1.165, 1.54) is 0 Å². The molecule has 0 saturated carbocycles. The second kappa shape index (κ2) is 4.52. The molecule has 0 spiro atoms. The molecule has 0 fully saturated rings. The number of pyridine rings is 1. The van der Waals surface area contributed by atoms with Crippen LogP contribution < -0.4 is 4.74 Å². The number of nitrogens with zero attached hydrogens (tertiary/aromatic N) is 2. The summed E-state index contributed by atoms with van der Waals surface area (Å²) >= 11 is 0. The predicted molar refractivity (Wildman–Crippen MR) is 47.1 cm³/mol. The fourth-order valence-electron chi connectivity index (χ4n) is 1.17. The van der Waals surface area contributed by atoms with Gasteiger partial charge in [-0.25, -0.2) is 4.39 Å². The van der Waals surface area contributed by atoms with Crippen LogP contribution in [0.25, 0.3) is 0 Å². The van der Waals surface area contributed by atoms with Gasteiger partial charge in [-0.3, -0.25) is 15.1 Å². The molecule has 0 atom stereocenters. The van der Waals surface area contributed by atoms with Crippen LogP contribution in [0.2, 0.25) is 0 Å². The Kier molecular flexibility index (Phi) is 3.49. The van der Waals surface area contributed by atoms with Crippen molar-refractivity contribution in [3.8, 4) is 5.75 Å². The third-order valence-corrected chi connectivity index (χ3v) is 1.84. The quantitative estimate of drug-likeness (QED) is 0.472. The zero-order valence-corrected chi connectivity index (χ0v) is 8.42. The van der Waals surface area contributed by atoms with E-state index in [-0.39, 0.29) is 5.69 Å². The van der Waals surface area contributed by atoms with Gasteiger partial charge in [0.15, 0.2) is 5.75 Å². The van der Waals surface area contributed by atoms with E-state index < -0.39 is 35.0 Å². The van der Waals surface area contributed by atoms with Crippen LogP contribution in [0.15, 0.2) is 6.20 Å².